The highest BCUT2D eigenvalue weighted by molar-refractivity contribution is 7.10. The lowest BCUT2D eigenvalue weighted by Gasteiger charge is -2.18. The van der Waals surface area contributed by atoms with Gasteiger partial charge < -0.3 is 5.32 Å². The standard InChI is InChI=1S/C17H19N3S/c1-13-15(12-19-20(13)2)11-18-17(16-9-6-10-21-16)14-7-4-3-5-8-14/h3-10,12,17-18H,11H2,1-2H3. The van der Waals surface area contributed by atoms with Crippen LogP contribution in [0.2, 0.25) is 0 Å². The van der Waals surface area contributed by atoms with Crippen LogP contribution in [-0.4, -0.2) is 9.78 Å². The largest absolute Gasteiger partial charge is 0.301 e. The molecule has 1 unspecified atom stereocenters. The summed E-state index contributed by atoms with van der Waals surface area (Å²) in [6, 6.07) is 15.1. The molecule has 0 aliphatic rings. The molecule has 0 radical (unpaired) electrons. The molecule has 108 valence electrons. The number of nitrogens with one attached hydrogen (secondary N) is 1. The molecule has 21 heavy (non-hydrogen) atoms. The van der Waals surface area contributed by atoms with Gasteiger partial charge in [-0.25, -0.2) is 0 Å². The van der Waals surface area contributed by atoms with E-state index >= 15 is 0 Å². The van der Waals surface area contributed by atoms with Crippen LogP contribution in [-0.2, 0) is 13.6 Å². The van der Waals surface area contributed by atoms with Gasteiger partial charge in [-0.2, -0.15) is 5.10 Å². The van der Waals surface area contributed by atoms with Gasteiger partial charge in [0.25, 0.3) is 0 Å². The van der Waals surface area contributed by atoms with E-state index in [0.717, 1.165) is 6.54 Å². The normalized spacial score (nSPS) is 12.5. The van der Waals surface area contributed by atoms with E-state index in [4.69, 9.17) is 0 Å². The molecule has 0 spiro atoms. The molecule has 0 saturated heterocycles. The smallest absolute Gasteiger partial charge is 0.0673 e. The van der Waals surface area contributed by atoms with Crippen molar-refractivity contribution in [3.8, 4) is 0 Å². The minimum atomic E-state index is 0.228. The highest BCUT2D eigenvalue weighted by atomic mass is 32.1. The number of hydrogen-bond donors (Lipinski definition) is 1. The first-order valence-corrected chi connectivity index (χ1v) is 7.93. The van der Waals surface area contributed by atoms with E-state index < -0.39 is 0 Å². The van der Waals surface area contributed by atoms with E-state index in [0.29, 0.717) is 0 Å². The molecule has 0 aliphatic carbocycles. The second-order valence-corrected chi connectivity index (χ2v) is 6.10. The Bertz CT molecular complexity index is 686. The number of nitrogens with zero attached hydrogens (tertiary/aromatic N) is 2. The fourth-order valence-corrected chi connectivity index (χ4v) is 3.24. The molecule has 3 nitrogen and oxygen atoms in total. The Balaban J connectivity index is 1.82. The van der Waals surface area contributed by atoms with Gasteiger partial charge in [0, 0.05) is 29.7 Å². The summed E-state index contributed by atoms with van der Waals surface area (Å²) in [6.45, 7) is 2.92. The maximum Gasteiger partial charge on any atom is 0.0673 e. The van der Waals surface area contributed by atoms with Crippen LogP contribution in [0.5, 0.6) is 0 Å². The Morgan fingerprint density at radius 2 is 2.00 bits per heavy atom. The van der Waals surface area contributed by atoms with Crippen molar-refractivity contribution in [3.63, 3.8) is 0 Å². The van der Waals surface area contributed by atoms with Gasteiger partial charge in [0.15, 0.2) is 0 Å². The summed E-state index contributed by atoms with van der Waals surface area (Å²) in [4.78, 5) is 1.34. The molecule has 0 fully saturated rings. The lowest BCUT2D eigenvalue weighted by Crippen LogP contribution is -2.21. The Kier molecular flexibility index (Phi) is 4.18. The third-order valence-corrected chi connectivity index (χ3v) is 4.73. The third kappa shape index (κ3) is 3.06. The molecule has 3 rings (SSSR count). The van der Waals surface area contributed by atoms with Crippen molar-refractivity contribution >= 4 is 11.3 Å². The number of aromatic nitrogens is 2. The molecular formula is C17H19N3S. The zero-order valence-electron chi connectivity index (χ0n) is 12.3. The van der Waals surface area contributed by atoms with Crippen LogP contribution >= 0.6 is 11.3 Å². The van der Waals surface area contributed by atoms with Gasteiger partial charge in [-0.05, 0) is 23.9 Å². The first-order chi connectivity index (χ1) is 10.3. The van der Waals surface area contributed by atoms with Crippen molar-refractivity contribution in [1.82, 2.24) is 15.1 Å². The monoisotopic (exact) mass is 297 g/mol. The predicted molar refractivity (Wildman–Crippen MR) is 87.4 cm³/mol. The Morgan fingerprint density at radius 1 is 1.19 bits per heavy atom. The highest BCUT2D eigenvalue weighted by Gasteiger charge is 2.15. The average molecular weight is 297 g/mol. The molecule has 0 amide bonds. The van der Waals surface area contributed by atoms with Gasteiger partial charge in [-0.1, -0.05) is 36.4 Å². The number of thiophene rings is 1. The average Bonchev–Trinajstić information content (AvgIpc) is 3.14. The van der Waals surface area contributed by atoms with Crippen LogP contribution in [0.1, 0.15) is 27.7 Å². The molecule has 0 aliphatic heterocycles. The number of hydrogen-bond acceptors (Lipinski definition) is 3. The molecule has 1 atom stereocenters. The van der Waals surface area contributed by atoms with E-state index in [-0.39, 0.29) is 6.04 Å². The second kappa shape index (κ2) is 6.24. The molecule has 2 heterocycles. The summed E-state index contributed by atoms with van der Waals surface area (Å²) in [5, 5.41) is 10.1. The van der Waals surface area contributed by atoms with Gasteiger partial charge in [0.05, 0.1) is 12.2 Å². The van der Waals surface area contributed by atoms with E-state index in [2.05, 4.69) is 65.2 Å². The van der Waals surface area contributed by atoms with Crippen LogP contribution in [0.15, 0.2) is 54.0 Å². The zero-order valence-corrected chi connectivity index (χ0v) is 13.1. The van der Waals surface area contributed by atoms with Crippen molar-refractivity contribution in [1.29, 1.82) is 0 Å². The Labute approximate surface area is 129 Å². The second-order valence-electron chi connectivity index (χ2n) is 5.12. The van der Waals surface area contributed by atoms with Gasteiger partial charge in [-0.15, -0.1) is 11.3 Å². The fraction of sp³-hybridized carbons (Fsp3) is 0.235. The number of rotatable bonds is 5. The molecule has 2 aromatic heterocycles. The minimum Gasteiger partial charge on any atom is -0.301 e. The lowest BCUT2D eigenvalue weighted by atomic mass is 10.1. The summed E-state index contributed by atoms with van der Waals surface area (Å²) >= 11 is 1.79. The molecular weight excluding hydrogens is 278 g/mol. The molecule has 1 N–H and O–H groups in total. The zero-order chi connectivity index (χ0) is 14.7. The van der Waals surface area contributed by atoms with E-state index in [1.165, 1.54) is 21.7 Å². The Morgan fingerprint density at radius 3 is 2.62 bits per heavy atom. The van der Waals surface area contributed by atoms with Gasteiger partial charge >= 0.3 is 0 Å². The quantitative estimate of drug-likeness (QED) is 0.778. The van der Waals surface area contributed by atoms with Gasteiger partial charge in [-0.3, -0.25) is 4.68 Å². The highest BCUT2D eigenvalue weighted by Crippen LogP contribution is 2.26. The maximum absolute atomic E-state index is 4.31. The SMILES string of the molecule is Cc1c(CNC(c2ccccc2)c2cccs2)cnn1C. The summed E-state index contributed by atoms with van der Waals surface area (Å²) in [6.07, 6.45) is 1.94. The number of aryl methyl sites for hydroxylation is 1. The minimum absolute atomic E-state index is 0.228. The van der Waals surface area contributed by atoms with Gasteiger partial charge in [0.1, 0.15) is 0 Å². The molecule has 1 aromatic carbocycles. The summed E-state index contributed by atoms with van der Waals surface area (Å²) in [5.41, 5.74) is 3.75. The first-order valence-electron chi connectivity index (χ1n) is 7.05. The summed E-state index contributed by atoms with van der Waals surface area (Å²) < 4.78 is 1.92. The predicted octanol–water partition coefficient (Wildman–Crippen LogP) is 3.67. The Hall–Kier alpha value is -1.91. The summed E-state index contributed by atoms with van der Waals surface area (Å²) in [7, 11) is 1.98. The van der Waals surface area contributed by atoms with Crippen molar-refractivity contribution in [2.45, 2.75) is 19.5 Å². The van der Waals surface area contributed by atoms with Crippen LogP contribution in [0.3, 0.4) is 0 Å². The van der Waals surface area contributed by atoms with E-state index in [9.17, 15) is 0 Å². The fourth-order valence-electron chi connectivity index (χ4n) is 2.41. The topological polar surface area (TPSA) is 29.9 Å². The molecule has 0 saturated carbocycles. The molecule has 3 aromatic rings. The lowest BCUT2D eigenvalue weighted by molar-refractivity contribution is 0.610. The van der Waals surface area contributed by atoms with Gasteiger partial charge in [0.2, 0.25) is 0 Å². The van der Waals surface area contributed by atoms with Crippen LogP contribution in [0.25, 0.3) is 0 Å². The molecule has 4 heteroatoms. The van der Waals surface area contributed by atoms with Crippen molar-refractivity contribution < 1.29 is 0 Å². The molecule has 0 bridgehead atoms. The summed E-state index contributed by atoms with van der Waals surface area (Å²) in [5.74, 6) is 0. The first kappa shape index (κ1) is 14.0. The van der Waals surface area contributed by atoms with E-state index in [1.54, 1.807) is 11.3 Å². The van der Waals surface area contributed by atoms with Crippen LogP contribution in [0.4, 0.5) is 0 Å². The van der Waals surface area contributed by atoms with E-state index in [1.807, 2.05) is 17.9 Å². The number of benzene rings is 1. The van der Waals surface area contributed by atoms with Crippen molar-refractivity contribution in [2.24, 2.45) is 7.05 Å². The van der Waals surface area contributed by atoms with Crippen molar-refractivity contribution in [3.05, 3.63) is 75.7 Å². The van der Waals surface area contributed by atoms with Crippen LogP contribution < -0.4 is 5.32 Å². The van der Waals surface area contributed by atoms with Crippen LogP contribution in [0, 0.1) is 6.92 Å². The third-order valence-electron chi connectivity index (χ3n) is 3.79. The maximum atomic E-state index is 4.31. The van der Waals surface area contributed by atoms with Crippen molar-refractivity contribution in [2.75, 3.05) is 0 Å².